The maximum atomic E-state index is 12.1. The van der Waals surface area contributed by atoms with Crippen molar-refractivity contribution in [2.24, 2.45) is 0 Å². The standard InChI is InChI=1S/C16H18N2O3S/c1-10(21-13-7-5-12(20-2)6-8-13)15(19)18-16-17-14(9-22-16)11-3-4-11/h5-11H,3-4H2,1-2H3,(H,17,18,19)/t10-/m0/s1. The molecular weight excluding hydrogens is 300 g/mol. The molecule has 0 radical (unpaired) electrons. The molecule has 1 aromatic heterocycles. The summed E-state index contributed by atoms with van der Waals surface area (Å²) in [6.45, 7) is 1.72. The summed E-state index contributed by atoms with van der Waals surface area (Å²) in [7, 11) is 1.61. The number of ether oxygens (including phenoxy) is 2. The molecule has 1 saturated carbocycles. The zero-order chi connectivity index (χ0) is 15.5. The van der Waals surface area contributed by atoms with Crippen LogP contribution in [-0.4, -0.2) is 24.1 Å². The quantitative estimate of drug-likeness (QED) is 0.886. The molecule has 0 saturated heterocycles. The van der Waals surface area contributed by atoms with Gasteiger partial charge in [0.2, 0.25) is 0 Å². The van der Waals surface area contributed by atoms with Crippen LogP contribution in [0.25, 0.3) is 0 Å². The van der Waals surface area contributed by atoms with Crippen molar-refractivity contribution >= 4 is 22.4 Å². The molecule has 1 fully saturated rings. The average molecular weight is 318 g/mol. The molecule has 2 aromatic rings. The summed E-state index contributed by atoms with van der Waals surface area (Å²) in [5.41, 5.74) is 1.09. The van der Waals surface area contributed by atoms with E-state index in [2.05, 4.69) is 10.3 Å². The van der Waals surface area contributed by atoms with E-state index < -0.39 is 6.10 Å². The molecule has 1 aliphatic rings. The second kappa shape index (κ2) is 6.36. The third-order valence-electron chi connectivity index (χ3n) is 3.49. The number of rotatable bonds is 6. The van der Waals surface area contributed by atoms with Crippen LogP contribution in [0.2, 0.25) is 0 Å². The molecule has 5 nitrogen and oxygen atoms in total. The van der Waals surface area contributed by atoms with Gasteiger partial charge in [-0.3, -0.25) is 10.1 Å². The molecule has 1 atom stereocenters. The highest BCUT2D eigenvalue weighted by Gasteiger charge is 2.26. The molecule has 1 heterocycles. The lowest BCUT2D eigenvalue weighted by atomic mass is 10.3. The van der Waals surface area contributed by atoms with Gasteiger partial charge in [0.25, 0.3) is 5.91 Å². The third kappa shape index (κ3) is 3.57. The second-order valence-electron chi connectivity index (χ2n) is 5.28. The lowest BCUT2D eigenvalue weighted by Gasteiger charge is -2.13. The number of aromatic nitrogens is 1. The maximum Gasteiger partial charge on any atom is 0.266 e. The van der Waals surface area contributed by atoms with Crippen LogP contribution in [0, 0.1) is 0 Å². The highest BCUT2D eigenvalue weighted by molar-refractivity contribution is 7.13. The summed E-state index contributed by atoms with van der Waals surface area (Å²) in [6, 6.07) is 7.14. The molecule has 0 bridgehead atoms. The van der Waals surface area contributed by atoms with Gasteiger partial charge in [0.15, 0.2) is 11.2 Å². The minimum absolute atomic E-state index is 0.201. The van der Waals surface area contributed by atoms with Crippen LogP contribution in [0.3, 0.4) is 0 Å². The number of nitrogens with one attached hydrogen (secondary N) is 1. The zero-order valence-electron chi connectivity index (χ0n) is 12.5. The Balaban J connectivity index is 1.55. The van der Waals surface area contributed by atoms with Crippen molar-refractivity contribution in [1.29, 1.82) is 0 Å². The summed E-state index contributed by atoms with van der Waals surface area (Å²) >= 11 is 1.46. The third-order valence-corrected chi connectivity index (χ3v) is 4.27. The van der Waals surface area contributed by atoms with E-state index in [0.717, 1.165) is 11.4 Å². The van der Waals surface area contributed by atoms with E-state index in [4.69, 9.17) is 9.47 Å². The second-order valence-corrected chi connectivity index (χ2v) is 6.13. The number of carbonyl (C=O) groups is 1. The Morgan fingerprint density at radius 1 is 1.32 bits per heavy atom. The Bertz CT molecular complexity index is 650. The number of benzene rings is 1. The van der Waals surface area contributed by atoms with Crippen molar-refractivity contribution in [3.05, 3.63) is 35.3 Å². The first-order valence-electron chi connectivity index (χ1n) is 7.22. The molecule has 116 valence electrons. The lowest BCUT2D eigenvalue weighted by Crippen LogP contribution is -2.30. The van der Waals surface area contributed by atoms with Crippen LogP contribution in [0.5, 0.6) is 11.5 Å². The van der Waals surface area contributed by atoms with Crippen LogP contribution in [0.15, 0.2) is 29.6 Å². The van der Waals surface area contributed by atoms with Crippen molar-refractivity contribution < 1.29 is 14.3 Å². The van der Waals surface area contributed by atoms with Gasteiger partial charge in [-0.2, -0.15) is 0 Å². The van der Waals surface area contributed by atoms with Crippen LogP contribution >= 0.6 is 11.3 Å². The van der Waals surface area contributed by atoms with E-state index in [9.17, 15) is 4.79 Å². The van der Waals surface area contributed by atoms with Crippen LogP contribution in [-0.2, 0) is 4.79 Å². The molecule has 1 amide bonds. The minimum atomic E-state index is -0.596. The Labute approximate surface area is 133 Å². The van der Waals surface area contributed by atoms with Gasteiger partial charge in [0.1, 0.15) is 11.5 Å². The Morgan fingerprint density at radius 2 is 2.00 bits per heavy atom. The number of nitrogens with zero attached hydrogens (tertiary/aromatic N) is 1. The van der Waals surface area contributed by atoms with Crippen molar-refractivity contribution in [1.82, 2.24) is 4.98 Å². The van der Waals surface area contributed by atoms with Gasteiger partial charge in [-0.1, -0.05) is 0 Å². The van der Waals surface area contributed by atoms with Crippen molar-refractivity contribution in [2.45, 2.75) is 31.8 Å². The first-order chi connectivity index (χ1) is 10.7. The van der Waals surface area contributed by atoms with Crippen LogP contribution in [0.1, 0.15) is 31.4 Å². The lowest BCUT2D eigenvalue weighted by molar-refractivity contribution is -0.122. The fraction of sp³-hybridized carbons (Fsp3) is 0.375. The highest BCUT2D eigenvalue weighted by Crippen LogP contribution is 2.40. The number of hydrogen-bond donors (Lipinski definition) is 1. The largest absolute Gasteiger partial charge is 0.497 e. The highest BCUT2D eigenvalue weighted by atomic mass is 32.1. The van der Waals surface area contributed by atoms with E-state index >= 15 is 0 Å². The molecule has 1 aliphatic carbocycles. The normalized spacial score (nSPS) is 15.2. The maximum absolute atomic E-state index is 12.1. The molecule has 6 heteroatoms. The van der Waals surface area contributed by atoms with Gasteiger partial charge < -0.3 is 9.47 Å². The number of methoxy groups -OCH3 is 1. The van der Waals surface area contributed by atoms with Gasteiger partial charge in [0.05, 0.1) is 12.8 Å². The van der Waals surface area contributed by atoms with E-state index in [1.807, 2.05) is 5.38 Å². The van der Waals surface area contributed by atoms with E-state index in [-0.39, 0.29) is 5.91 Å². The summed E-state index contributed by atoms with van der Waals surface area (Å²) in [5.74, 6) is 1.77. The molecule has 1 N–H and O–H groups in total. The summed E-state index contributed by atoms with van der Waals surface area (Å²) in [4.78, 5) is 16.6. The summed E-state index contributed by atoms with van der Waals surface area (Å²) < 4.78 is 10.7. The zero-order valence-corrected chi connectivity index (χ0v) is 13.4. The number of carbonyl (C=O) groups excluding carboxylic acids is 1. The van der Waals surface area contributed by atoms with Crippen LogP contribution in [0.4, 0.5) is 5.13 Å². The predicted octanol–water partition coefficient (Wildman–Crippen LogP) is 3.44. The number of amides is 1. The minimum Gasteiger partial charge on any atom is -0.497 e. The van der Waals surface area contributed by atoms with Gasteiger partial charge in [-0.15, -0.1) is 11.3 Å². The van der Waals surface area contributed by atoms with Gasteiger partial charge in [0, 0.05) is 11.3 Å². The summed E-state index contributed by atoms with van der Waals surface area (Å²) in [6.07, 6.45) is 1.81. The van der Waals surface area contributed by atoms with Crippen LogP contribution < -0.4 is 14.8 Å². The fourth-order valence-electron chi connectivity index (χ4n) is 2.03. The molecule has 0 unspecified atom stereocenters. The van der Waals surface area contributed by atoms with Gasteiger partial charge in [-0.05, 0) is 44.0 Å². The number of anilines is 1. The number of hydrogen-bond acceptors (Lipinski definition) is 5. The molecular formula is C16H18N2O3S. The van der Waals surface area contributed by atoms with Gasteiger partial charge in [-0.25, -0.2) is 4.98 Å². The molecule has 22 heavy (non-hydrogen) atoms. The smallest absolute Gasteiger partial charge is 0.266 e. The Kier molecular flexibility index (Phi) is 4.29. The predicted molar refractivity (Wildman–Crippen MR) is 85.8 cm³/mol. The monoisotopic (exact) mass is 318 g/mol. The Hall–Kier alpha value is -2.08. The van der Waals surface area contributed by atoms with Crippen molar-refractivity contribution in [3.8, 4) is 11.5 Å². The van der Waals surface area contributed by atoms with Crippen molar-refractivity contribution in [2.75, 3.05) is 12.4 Å². The van der Waals surface area contributed by atoms with E-state index in [1.165, 1.54) is 24.2 Å². The first-order valence-corrected chi connectivity index (χ1v) is 8.10. The molecule has 3 rings (SSSR count). The van der Waals surface area contributed by atoms with Crippen molar-refractivity contribution in [3.63, 3.8) is 0 Å². The SMILES string of the molecule is COc1ccc(O[C@@H](C)C(=O)Nc2nc(C3CC3)cs2)cc1. The average Bonchev–Trinajstić information content (AvgIpc) is 3.28. The molecule has 0 aliphatic heterocycles. The molecule has 0 spiro atoms. The van der Waals surface area contributed by atoms with E-state index in [1.54, 1.807) is 38.3 Å². The van der Waals surface area contributed by atoms with E-state index in [0.29, 0.717) is 16.8 Å². The molecule has 1 aromatic carbocycles. The topological polar surface area (TPSA) is 60.5 Å². The summed E-state index contributed by atoms with van der Waals surface area (Å²) in [5, 5.41) is 5.46. The first kappa shape index (κ1) is 14.8. The van der Waals surface area contributed by atoms with Gasteiger partial charge >= 0.3 is 0 Å². The Morgan fingerprint density at radius 3 is 2.64 bits per heavy atom. The fourth-order valence-corrected chi connectivity index (χ4v) is 2.82. The number of thiazole rings is 1.